The highest BCUT2D eigenvalue weighted by atomic mass is 19.1. The van der Waals surface area contributed by atoms with Gasteiger partial charge in [-0.1, -0.05) is 30.3 Å². The van der Waals surface area contributed by atoms with Crippen LogP contribution in [-0.2, 0) is 0 Å². The van der Waals surface area contributed by atoms with Gasteiger partial charge in [0.15, 0.2) is 0 Å². The first-order valence-electron chi connectivity index (χ1n) is 7.16. The van der Waals surface area contributed by atoms with E-state index in [0.29, 0.717) is 5.56 Å². The number of benzene rings is 3. The SMILES string of the molecule is COc1ccc(-c2cc(C#N)ccc2-c2ccc(F)cc2)cc1. The summed E-state index contributed by atoms with van der Waals surface area (Å²) in [6, 6.07) is 21.7. The molecule has 23 heavy (non-hydrogen) atoms. The van der Waals surface area contributed by atoms with Crippen LogP contribution in [0, 0.1) is 17.1 Å². The van der Waals surface area contributed by atoms with E-state index in [1.807, 2.05) is 36.4 Å². The minimum Gasteiger partial charge on any atom is -0.497 e. The fourth-order valence-electron chi connectivity index (χ4n) is 2.50. The van der Waals surface area contributed by atoms with Crippen LogP contribution in [0.1, 0.15) is 5.56 Å². The molecule has 112 valence electrons. The second-order valence-electron chi connectivity index (χ2n) is 5.11. The Balaban J connectivity index is 2.16. The molecule has 0 unspecified atom stereocenters. The zero-order valence-corrected chi connectivity index (χ0v) is 12.6. The van der Waals surface area contributed by atoms with Gasteiger partial charge in [0.05, 0.1) is 18.7 Å². The number of methoxy groups -OCH3 is 1. The third-order valence-corrected chi connectivity index (χ3v) is 3.70. The van der Waals surface area contributed by atoms with Gasteiger partial charge in [0.2, 0.25) is 0 Å². The maximum absolute atomic E-state index is 13.2. The van der Waals surface area contributed by atoms with Crippen molar-refractivity contribution in [2.45, 2.75) is 0 Å². The Bertz CT molecular complexity index is 862. The van der Waals surface area contributed by atoms with Crippen molar-refractivity contribution in [1.82, 2.24) is 0 Å². The Hall–Kier alpha value is -3.12. The fourth-order valence-corrected chi connectivity index (χ4v) is 2.50. The molecular formula is C20H14FNO. The molecule has 0 aliphatic heterocycles. The van der Waals surface area contributed by atoms with Crippen LogP contribution in [0.5, 0.6) is 5.75 Å². The summed E-state index contributed by atoms with van der Waals surface area (Å²) in [6.07, 6.45) is 0. The van der Waals surface area contributed by atoms with E-state index in [2.05, 4.69) is 6.07 Å². The summed E-state index contributed by atoms with van der Waals surface area (Å²) in [7, 11) is 1.62. The van der Waals surface area contributed by atoms with E-state index in [4.69, 9.17) is 10.00 Å². The fraction of sp³-hybridized carbons (Fsp3) is 0.0500. The van der Waals surface area contributed by atoms with Crippen LogP contribution in [0.15, 0.2) is 66.7 Å². The number of nitriles is 1. The van der Waals surface area contributed by atoms with E-state index in [1.54, 1.807) is 25.3 Å². The van der Waals surface area contributed by atoms with Crippen LogP contribution in [0.3, 0.4) is 0 Å². The molecular weight excluding hydrogens is 289 g/mol. The highest BCUT2D eigenvalue weighted by Gasteiger charge is 2.09. The highest BCUT2D eigenvalue weighted by Crippen LogP contribution is 2.33. The lowest BCUT2D eigenvalue weighted by molar-refractivity contribution is 0.415. The molecule has 3 aromatic carbocycles. The molecule has 0 aromatic heterocycles. The molecule has 3 rings (SSSR count). The third-order valence-electron chi connectivity index (χ3n) is 3.70. The average Bonchev–Trinajstić information content (AvgIpc) is 2.62. The van der Waals surface area contributed by atoms with E-state index in [9.17, 15) is 4.39 Å². The zero-order valence-electron chi connectivity index (χ0n) is 12.6. The molecule has 0 aliphatic rings. The largest absolute Gasteiger partial charge is 0.497 e. The lowest BCUT2D eigenvalue weighted by Crippen LogP contribution is -1.88. The third kappa shape index (κ3) is 3.07. The molecule has 0 saturated carbocycles. The predicted molar refractivity (Wildman–Crippen MR) is 88.5 cm³/mol. The maximum atomic E-state index is 13.2. The maximum Gasteiger partial charge on any atom is 0.123 e. The quantitative estimate of drug-likeness (QED) is 0.679. The minimum atomic E-state index is -0.270. The Morgan fingerprint density at radius 3 is 2.04 bits per heavy atom. The van der Waals surface area contributed by atoms with Gasteiger partial charge >= 0.3 is 0 Å². The molecule has 0 saturated heterocycles. The van der Waals surface area contributed by atoms with Gasteiger partial charge in [-0.05, 0) is 58.7 Å². The first-order valence-corrected chi connectivity index (χ1v) is 7.16. The molecule has 0 N–H and O–H groups in total. The van der Waals surface area contributed by atoms with Crippen LogP contribution < -0.4 is 4.74 Å². The molecule has 0 spiro atoms. The summed E-state index contributed by atoms with van der Waals surface area (Å²) in [5.74, 6) is 0.502. The summed E-state index contributed by atoms with van der Waals surface area (Å²) in [4.78, 5) is 0. The van der Waals surface area contributed by atoms with Crippen LogP contribution in [0.4, 0.5) is 4.39 Å². The van der Waals surface area contributed by atoms with E-state index in [1.165, 1.54) is 12.1 Å². The number of hydrogen-bond acceptors (Lipinski definition) is 2. The second-order valence-corrected chi connectivity index (χ2v) is 5.11. The average molecular weight is 303 g/mol. The van der Waals surface area contributed by atoms with Crippen LogP contribution >= 0.6 is 0 Å². The first kappa shape index (κ1) is 14.8. The van der Waals surface area contributed by atoms with Crippen LogP contribution in [-0.4, -0.2) is 7.11 Å². The van der Waals surface area contributed by atoms with Gasteiger partial charge in [-0.25, -0.2) is 4.39 Å². The standard InChI is InChI=1S/C20H14FNO/c1-23-18-9-5-16(6-10-18)20-12-14(13-22)2-11-19(20)15-3-7-17(21)8-4-15/h2-12H,1H3. The number of nitrogens with zero attached hydrogens (tertiary/aromatic N) is 1. The van der Waals surface area contributed by atoms with E-state index >= 15 is 0 Å². The van der Waals surface area contributed by atoms with Crippen LogP contribution in [0.25, 0.3) is 22.3 Å². The van der Waals surface area contributed by atoms with Gasteiger partial charge in [0.1, 0.15) is 11.6 Å². The van der Waals surface area contributed by atoms with Crippen molar-refractivity contribution in [3.63, 3.8) is 0 Å². The minimum absolute atomic E-state index is 0.270. The normalized spacial score (nSPS) is 10.1. The molecule has 0 aliphatic carbocycles. The molecule has 2 nitrogen and oxygen atoms in total. The van der Waals surface area contributed by atoms with Crippen molar-refractivity contribution in [2.75, 3.05) is 7.11 Å². The predicted octanol–water partition coefficient (Wildman–Crippen LogP) is 5.04. The monoisotopic (exact) mass is 303 g/mol. The van der Waals surface area contributed by atoms with Gasteiger partial charge in [-0.2, -0.15) is 5.26 Å². The summed E-state index contributed by atoms with van der Waals surface area (Å²) >= 11 is 0. The Morgan fingerprint density at radius 2 is 1.43 bits per heavy atom. The first-order chi connectivity index (χ1) is 11.2. The lowest BCUT2D eigenvalue weighted by Gasteiger charge is -2.11. The Labute approximate surface area is 134 Å². The molecule has 0 heterocycles. The lowest BCUT2D eigenvalue weighted by atomic mass is 9.93. The highest BCUT2D eigenvalue weighted by molar-refractivity contribution is 5.84. The topological polar surface area (TPSA) is 33.0 Å². The molecule has 0 fully saturated rings. The van der Waals surface area contributed by atoms with Gasteiger partial charge in [-0.15, -0.1) is 0 Å². The number of rotatable bonds is 3. The van der Waals surface area contributed by atoms with Gasteiger partial charge < -0.3 is 4.74 Å². The number of halogens is 1. The summed E-state index contributed by atoms with van der Waals surface area (Å²) in [6.45, 7) is 0. The van der Waals surface area contributed by atoms with Gasteiger partial charge in [0, 0.05) is 0 Å². The number of ether oxygens (including phenoxy) is 1. The van der Waals surface area contributed by atoms with Crippen molar-refractivity contribution in [3.05, 3.63) is 78.1 Å². The summed E-state index contributed by atoms with van der Waals surface area (Å²) in [5, 5.41) is 9.17. The Morgan fingerprint density at radius 1 is 0.826 bits per heavy atom. The summed E-state index contributed by atoms with van der Waals surface area (Å²) < 4.78 is 18.4. The smallest absolute Gasteiger partial charge is 0.123 e. The summed E-state index contributed by atoms with van der Waals surface area (Å²) in [5.41, 5.74) is 4.35. The second kappa shape index (κ2) is 6.33. The molecule has 0 amide bonds. The van der Waals surface area contributed by atoms with Crippen molar-refractivity contribution in [1.29, 1.82) is 5.26 Å². The van der Waals surface area contributed by atoms with E-state index < -0.39 is 0 Å². The van der Waals surface area contributed by atoms with Crippen molar-refractivity contribution < 1.29 is 9.13 Å². The van der Waals surface area contributed by atoms with Crippen molar-refractivity contribution in [2.24, 2.45) is 0 Å². The van der Waals surface area contributed by atoms with Gasteiger partial charge in [0.25, 0.3) is 0 Å². The van der Waals surface area contributed by atoms with Gasteiger partial charge in [-0.3, -0.25) is 0 Å². The number of hydrogen-bond donors (Lipinski definition) is 0. The zero-order chi connectivity index (χ0) is 16.2. The molecule has 0 bridgehead atoms. The van der Waals surface area contributed by atoms with E-state index in [-0.39, 0.29) is 5.82 Å². The Kier molecular flexibility index (Phi) is 4.07. The van der Waals surface area contributed by atoms with Crippen LogP contribution in [0.2, 0.25) is 0 Å². The van der Waals surface area contributed by atoms with E-state index in [0.717, 1.165) is 28.0 Å². The van der Waals surface area contributed by atoms with Crippen molar-refractivity contribution in [3.8, 4) is 34.1 Å². The molecule has 0 atom stereocenters. The molecule has 3 aromatic rings. The molecule has 3 heteroatoms. The van der Waals surface area contributed by atoms with Crippen molar-refractivity contribution >= 4 is 0 Å². The molecule has 0 radical (unpaired) electrons.